The van der Waals surface area contributed by atoms with Gasteiger partial charge in [0.05, 0.1) is 0 Å². The maximum atomic E-state index is 12.2. The Kier molecular flexibility index (Phi) is 6.77. The van der Waals surface area contributed by atoms with Crippen LogP contribution in [0.15, 0.2) is 28.7 Å². The number of nitrogens with one attached hydrogen (secondary N) is 2. The van der Waals surface area contributed by atoms with Crippen LogP contribution < -0.4 is 10.9 Å². The molecule has 0 radical (unpaired) electrons. The Morgan fingerprint density at radius 3 is 2.38 bits per heavy atom. The number of benzene rings is 1. The molecule has 1 heterocycles. The largest absolute Gasteiger partial charge is 0.451 e. The van der Waals surface area contributed by atoms with Crippen molar-refractivity contribution in [3.63, 3.8) is 0 Å². The molecule has 2 aromatic rings. The molecule has 0 atom stereocenters. The predicted octanol–water partition coefficient (Wildman–Crippen LogP) is 2.54. The van der Waals surface area contributed by atoms with Crippen molar-refractivity contribution in [1.82, 2.24) is 15.8 Å². The van der Waals surface area contributed by atoms with Gasteiger partial charge in [0.15, 0.2) is 5.76 Å². The van der Waals surface area contributed by atoms with Gasteiger partial charge < -0.3 is 9.32 Å². The van der Waals surface area contributed by atoms with Crippen LogP contribution in [-0.2, 0) is 9.59 Å². The maximum Gasteiger partial charge on any atom is 0.305 e. The van der Waals surface area contributed by atoms with Gasteiger partial charge in [-0.2, -0.15) is 0 Å². The number of hydrazine groups is 1. The topological polar surface area (TPSA) is 91.7 Å². The summed E-state index contributed by atoms with van der Waals surface area (Å²) >= 11 is 0. The minimum absolute atomic E-state index is 0.0322. The van der Waals surface area contributed by atoms with E-state index in [-0.39, 0.29) is 24.0 Å². The Morgan fingerprint density at radius 1 is 1.04 bits per heavy atom. The summed E-state index contributed by atoms with van der Waals surface area (Å²) in [5, 5.41) is 0.860. The summed E-state index contributed by atoms with van der Waals surface area (Å²) in [5.74, 6) is -0.654. The summed E-state index contributed by atoms with van der Waals surface area (Å²) in [6.45, 7) is 6.96. The van der Waals surface area contributed by atoms with E-state index in [2.05, 4.69) is 10.9 Å². The molecule has 140 valence electrons. The predicted molar refractivity (Wildman–Crippen MR) is 98.3 cm³/mol. The van der Waals surface area contributed by atoms with Crippen LogP contribution in [-0.4, -0.2) is 35.7 Å². The van der Waals surface area contributed by atoms with Gasteiger partial charge >= 0.3 is 5.91 Å². The molecule has 1 aromatic carbocycles. The molecular formula is C19H25N3O4. The fraction of sp³-hybridized carbons (Fsp3) is 0.421. The van der Waals surface area contributed by atoms with Gasteiger partial charge in [-0.1, -0.05) is 18.2 Å². The third-order valence-electron chi connectivity index (χ3n) is 4.28. The highest BCUT2D eigenvalue weighted by Gasteiger charge is 2.18. The molecule has 0 saturated carbocycles. The number of carbonyl (C=O) groups is 3. The highest BCUT2D eigenvalue weighted by Crippen LogP contribution is 2.24. The Morgan fingerprint density at radius 2 is 1.73 bits per heavy atom. The molecule has 0 bridgehead atoms. The van der Waals surface area contributed by atoms with Gasteiger partial charge in [-0.15, -0.1) is 0 Å². The van der Waals surface area contributed by atoms with Crippen molar-refractivity contribution >= 4 is 28.7 Å². The van der Waals surface area contributed by atoms with Gasteiger partial charge in [-0.25, -0.2) is 0 Å². The molecule has 0 aliphatic rings. The third-order valence-corrected chi connectivity index (χ3v) is 4.28. The number of amides is 3. The van der Waals surface area contributed by atoms with Crippen LogP contribution in [0.25, 0.3) is 11.0 Å². The molecule has 2 rings (SSSR count). The Hall–Kier alpha value is -2.83. The van der Waals surface area contributed by atoms with E-state index in [1.807, 2.05) is 32.0 Å². The maximum absolute atomic E-state index is 12.2. The van der Waals surface area contributed by atoms with Crippen LogP contribution in [0.2, 0.25) is 0 Å². The van der Waals surface area contributed by atoms with Crippen molar-refractivity contribution in [1.29, 1.82) is 0 Å². The number of aryl methyl sites for hydroxylation is 1. The zero-order valence-electron chi connectivity index (χ0n) is 15.4. The molecule has 0 aliphatic carbocycles. The first-order valence-corrected chi connectivity index (χ1v) is 8.83. The minimum atomic E-state index is -0.508. The summed E-state index contributed by atoms with van der Waals surface area (Å²) in [7, 11) is 0. The van der Waals surface area contributed by atoms with E-state index in [0.29, 0.717) is 31.5 Å². The summed E-state index contributed by atoms with van der Waals surface area (Å²) in [6, 6.07) is 7.35. The molecule has 0 spiro atoms. The van der Waals surface area contributed by atoms with E-state index >= 15 is 0 Å². The van der Waals surface area contributed by atoms with Crippen LogP contribution in [0.3, 0.4) is 0 Å². The van der Waals surface area contributed by atoms with Crippen molar-refractivity contribution in [3.05, 3.63) is 35.6 Å². The highest BCUT2D eigenvalue weighted by atomic mass is 16.3. The zero-order chi connectivity index (χ0) is 19.1. The first kappa shape index (κ1) is 19.5. The Bertz CT molecular complexity index is 793. The molecule has 3 amide bonds. The second-order valence-corrected chi connectivity index (χ2v) is 5.97. The number of furan rings is 1. The van der Waals surface area contributed by atoms with Crippen molar-refractivity contribution in [2.45, 2.75) is 40.0 Å². The fourth-order valence-electron chi connectivity index (χ4n) is 2.77. The molecule has 7 heteroatoms. The van der Waals surface area contributed by atoms with Crippen LogP contribution in [0.4, 0.5) is 0 Å². The van der Waals surface area contributed by atoms with Crippen molar-refractivity contribution in [2.75, 3.05) is 13.1 Å². The molecule has 0 saturated heterocycles. The average Bonchev–Trinajstić information content (AvgIpc) is 2.98. The summed E-state index contributed by atoms with van der Waals surface area (Å²) < 4.78 is 5.54. The minimum Gasteiger partial charge on any atom is -0.451 e. The SMILES string of the molecule is CCN(CC)C(=O)CCCC(=O)NNC(=O)c1oc2ccccc2c1C. The molecule has 26 heavy (non-hydrogen) atoms. The van der Waals surface area contributed by atoms with Crippen molar-refractivity contribution in [3.8, 4) is 0 Å². The standard InChI is InChI=1S/C19H25N3O4/c1-4-22(5-2)17(24)12-8-11-16(23)20-21-19(25)18-13(3)14-9-6-7-10-15(14)26-18/h6-7,9-10H,4-5,8,11-12H2,1-3H3,(H,20,23)(H,21,25). The van der Waals surface area contributed by atoms with E-state index in [0.717, 1.165) is 10.9 Å². The number of hydrogen-bond acceptors (Lipinski definition) is 4. The molecule has 0 aliphatic heterocycles. The smallest absolute Gasteiger partial charge is 0.305 e. The van der Waals surface area contributed by atoms with Crippen molar-refractivity contribution < 1.29 is 18.8 Å². The molecule has 1 aromatic heterocycles. The molecule has 7 nitrogen and oxygen atoms in total. The first-order chi connectivity index (χ1) is 12.5. The first-order valence-electron chi connectivity index (χ1n) is 8.83. The van der Waals surface area contributed by atoms with Gasteiger partial charge in [0.2, 0.25) is 11.8 Å². The van der Waals surface area contributed by atoms with E-state index in [1.54, 1.807) is 17.9 Å². The number of fused-ring (bicyclic) bond motifs is 1. The van der Waals surface area contributed by atoms with Crippen LogP contribution >= 0.6 is 0 Å². The summed E-state index contributed by atoms with van der Waals surface area (Å²) in [6.07, 6.45) is 0.902. The van der Waals surface area contributed by atoms with E-state index in [4.69, 9.17) is 4.42 Å². The van der Waals surface area contributed by atoms with Gasteiger partial charge in [-0.3, -0.25) is 25.2 Å². The van der Waals surface area contributed by atoms with Gasteiger partial charge in [0.1, 0.15) is 5.58 Å². The molecule has 0 fully saturated rings. The lowest BCUT2D eigenvalue weighted by atomic mass is 10.1. The number of rotatable bonds is 7. The second-order valence-electron chi connectivity index (χ2n) is 5.97. The summed E-state index contributed by atoms with van der Waals surface area (Å²) in [4.78, 5) is 37.7. The van der Waals surface area contributed by atoms with Crippen molar-refractivity contribution in [2.24, 2.45) is 0 Å². The number of nitrogens with zero attached hydrogens (tertiary/aromatic N) is 1. The lowest BCUT2D eigenvalue weighted by Gasteiger charge is -2.18. The molecular weight excluding hydrogens is 334 g/mol. The molecule has 0 unspecified atom stereocenters. The lowest BCUT2D eigenvalue weighted by Crippen LogP contribution is -2.41. The Balaban J connectivity index is 1.80. The third kappa shape index (κ3) is 4.62. The van der Waals surface area contributed by atoms with Crippen LogP contribution in [0.5, 0.6) is 0 Å². The quantitative estimate of drug-likeness (QED) is 0.743. The lowest BCUT2D eigenvalue weighted by molar-refractivity contribution is -0.131. The average molecular weight is 359 g/mol. The highest BCUT2D eigenvalue weighted by molar-refractivity contribution is 5.99. The number of para-hydroxylation sites is 1. The number of hydrogen-bond donors (Lipinski definition) is 2. The van der Waals surface area contributed by atoms with Crippen LogP contribution in [0.1, 0.15) is 49.2 Å². The zero-order valence-corrected chi connectivity index (χ0v) is 15.4. The number of carbonyl (C=O) groups excluding carboxylic acids is 3. The Labute approximate surface area is 152 Å². The van der Waals surface area contributed by atoms with Gasteiger partial charge in [-0.05, 0) is 33.3 Å². The van der Waals surface area contributed by atoms with E-state index < -0.39 is 5.91 Å². The second kappa shape index (κ2) is 9.03. The fourth-order valence-corrected chi connectivity index (χ4v) is 2.77. The van der Waals surface area contributed by atoms with E-state index in [1.165, 1.54) is 0 Å². The van der Waals surface area contributed by atoms with E-state index in [9.17, 15) is 14.4 Å². The summed E-state index contributed by atoms with van der Waals surface area (Å²) in [5.41, 5.74) is 6.06. The van der Waals surface area contributed by atoms with Crippen LogP contribution in [0, 0.1) is 6.92 Å². The monoisotopic (exact) mass is 359 g/mol. The van der Waals surface area contributed by atoms with Gasteiger partial charge in [0, 0.05) is 36.9 Å². The normalized spacial score (nSPS) is 10.6. The van der Waals surface area contributed by atoms with Gasteiger partial charge in [0.25, 0.3) is 0 Å². The molecule has 2 N–H and O–H groups in total.